The van der Waals surface area contributed by atoms with E-state index >= 15 is 0 Å². The van der Waals surface area contributed by atoms with E-state index in [0.29, 0.717) is 30.0 Å². The Morgan fingerprint density at radius 2 is 1.86 bits per heavy atom. The first kappa shape index (κ1) is 17.2. The molecule has 1 aliphatic carbocycles. The lowest BCUT2D eigenvalue weighted by molar-refractivity contribution is 0.0774. The van der Waals surface area contributed by atoms with Gasteiger partial charge in [-0.3, -0.25) is 9.59 Å². The molecule has 3 aromatic rings. The Hall–Kier alpha value is -2.89. The first-order chi connectivity index (χ1) is 13.3. The molecule has 1 amide bonds. The zero-order valence-electron chi connectivity index (χ0n) is 16.2. The minimum Gasteiger partial charge on any atom is -0.349 e. The summed E-state index contributed by atoms with van der Waals surface area (Å²) < 4.78 is 16.7. The van der Waals surface area contributed by atoms with Crippen LogP contribution >= 0.6 is 0 Å². The molecule has 0 spiro atoms. The van der Waals surface area contributed by atoms with Gasteiger partial charge in [0.2, 0.25) is 0 Å². The van der Waals surface area contributed by atoms with Crippen molar-refractivity contribution in [1.82, 2.24) is 14.0 Å². The minimum absolute atomic E-state index is 0.0607. The molecule has 2 fully saturated rings. The summed E-state index contributed by atoms with van der Waals surface area (Å²) in [4.78, 5) is 28.0. The molecule has 0 N–H and O–H groups in total. The highest BCUT2D eigenvalue weighted by Gasteiger charge is 2.61. The second kappa shape index (κ2) is 5.56. The Labute approximate surface area is 162 Å². The largest absolute Gasteiger partial charge is 0.349 e. The van der Waals surface area contributed by atoms with Gasteiger partial charge in [-0.2, -0.15) is 0 Å². The maximum atomic E-state index is 13.3. The molecule has 1 aromatic carbocycles. The summed E-state index contributed by atoms with van der Waals surface area (Å²) in [5, 5.41) is 0.492. The van der Waals surface area contributed by atoms with E-state index in [1.165, 1.54) is 16.7 Å². The number of carbonyl (C=O) groups is 1. The first-order valence-corrected chi connectivity index (χ1v) is 9.52. The van der Waals surface area contributed by atoms with Gasteiger partial charge in [-0.05, 0) is 42.5 Å². The summed E-state index contributed by atoms with van der Waals surface area (Å²) in [7, 11) is 3.58. The third-order valence-electron chi connectivity index (χ3n) is 6.56. The molecule has 5 rings (SSSR count). The number of carbonyl (C=O) groups excluding carboxylic acids is 1. The molecule has 1 aliphatic heterocycles. The number of aromatic nitrogens is 2. The lowest BCUT2D eigenvalue weighted by atomic mass is 9.95. The van der Waals surface area contributed by atoms with E-state index < -0.39 is 0 Å². The summed E-state index contributed by atoms with van der Waals surface area (Å²) >= 11 is 0. The average Bonchev–Trinajstić information content (AvgIpc) is 3.05. The summed E-state index contributed by atoms with van der Waals surface area (Å²) in [5.41, 5.74) is 3.13. The van der Waals surface area contributed by atoms with E-state index in [1.807, 2.05) is 35.6 Å². The Kier molecular flexibility index (Phi) is 3.42. The molecule has 144 valence electrons. The zero-order valence-corrected chi connectivity index (χ0v) is 16.2. The van der Waals surface area contributed by atoms with Gasteiger partial charge in [-0.15, -0.1) is 0 Å². The van der Waals surface area contributed by atoms with Crippen LogP contribution in [0.4, 0.5) is 4.39 Å². The second-order valence-electron chi connectivity index (χ2n) is 8.36. The SMILES string of the molecule is Cc1cn(C)c(=O)c2c(C(=O)N3CC4CC4(c4ccc(F)cc4)C3)cn(C)c12. The van der Waals surface area contributed by atoms with Crippen molar-refractivity contribution in [3.63, 3.8) is 0 Å². The van der Waals surface area contributed by atoms with Crippen LogP contribution in [0.15, 0.2) is 41.5 Å². The highest BCUT2D eigenvalue weighted by Crippen LogP contribution is 2.59. The van der Waals surface area contributed by atoms with Crippen LogP contribution < -0.4 is 5.56 Å². The Bertz CT molecular complexity index is 1190. The predicted octanol–water partition coefficient (Wildman–Crippen LogP) is 2.74. The maximum Gasteiger partial charge on any atom is 0.260 e. The fourth-order valence-corrected chi connectivity index (χ4v) is 5.10. The quantitative estimate of drug-likeness (QED) is 0.687. The number of likely N-dealkylation sites (tertiary alicyclic amines) is 1. The molecule has 2 aliphatic rings. The Morgan fingerprint density at radius 1 is 1.14 bits per heavy atom. The summed E-state index contributed by atoms with van der Waals surface area (Å²) in [5.74, 6) is 0.0636. The average molecular weight is 379 g/mol. The number of rotatable bonds is 2. The van der Waals surface area contributed by atoms with Gasteiger partial charge in [0.25, 0.3) is 11.5 Å². The first-order valence-electron chi connectivity index (χ1n) is 9.52. The Balaban J connectivity index is 1.52. The van der Waals surface area contributed by atoms with Crippen molar-refractivity contribution in [1.29, 1.82) is 0 Å². The van der Waals surface area contributed by atoms with Crippen LogP contribution in [-0.2, 0) is 19.5 Å². The molecule has 0 bridgehead atoms. The van der Waals surface area contributed by atoms with Crippen LogP contribution in [0.1, 0.15) is 27.9 Å². The van der Waals surface area contributed by atoms with E-state index in [-0.39, 0.29) is 22.7 Å². The normalized spacial score (nSPS) is 23.3. The van der Waals surface area contributed by atoms with Crippen molar-refractivity contribution in [2.45, 2.75) is 18.8 Å². The van der Waals surface area contributed by atoms with Gasteiger partial charge in [0.15, 0.2) is 0 Å². The molecule has 2 atom stereocenters. The number of halogens is 1. The summed E-state index contributed by atoms with van der Waals surface area (Å²) in [6, 6.07) is 6.64. The van der Waals surface area contributed by atoms with Gasteiger partial charge >= 0.3 is 0 Å². The van der Waals surface area contributed by atoms with Crippen LogP contribution in [0.2, 0.25) is 0 Å². The molecule has 2 aromatic heterocycles. The number of fused-ring (bicyclic) bond motifs is 2. The molecule has 0 radical (unpaired) electrons. The van der Waals surface area contributed by atoms with E-state index in [0.717, 1.165) is 23.1 Å². The predicted molar refractivity (Wildman–Crippen MR) is 105 cm³/mol. The number of hydrogen-bond donors (Lipinski definition) is 0. The number of hydrogen-bond acceptors (Lipinski definition) is 2. The summed E-state index contributed by atoms with van der Waals surface area (Å²) in [6.45, 7) is 3.24. The highest BCUT2D eigenvalue weighted by atomic mass is 19.1. The zero-order chi connectivity index (χ0) is 19.8. The van der Waals surface area contributed by atoms with Crippen molar-refractivity contribution in [3.8, 4) is 0 Å². The lowest BCUT2D eigenvalue weighted by Gasteiger charge is -2.21. The van der Waals surface area contributed by atoms with Crippen LogP contribution in [0.3, 0.4) is 0 Å². The summed E-state index contributed by atoms with van der Waals surface area (Å²) in [6.07, 6.45) is 4.60. The van der Waals surface area contributed by atoms with Crippen molar-refractivity contribution in [3.05, 3.63) is 69.5 Å². The number of benzene rings is 1. The molecule has 1 saturated carbocycles. The second-order valence-corrected chi connectivity index (χ2v) is 8.36. The van der Waals surface area contributed by atoms with Gasteiger partial charge in [0, 0.05) is 45.0 Å². The van der Waals surface area contributed by atoms with Crippen molar-refractivity contribution in [2.75, 3.05) is 13.1 Å². The van der Waals surface area contributed by atoms with Crippen LogP contribution in [0.5, 0.6) is 0 Å². The fraction of sp³-hybridized carbons (Fsp3) is 0.364. The number of piperidine rings is 1. The van der Waals surface area contributed by atoms with E-state index in [1.54, 1.807) is 19.4 Å². The third kappa shape index (κ3) is 2.23. The van der Waals surface area contributed by atoms with Gasteiger partial charge < -0.3 is 14.0 Å². The van der Waals surface area contributed by atoms with Gasteiger partial charge in [0.05, 0.1) is 16.5 Å². The number of nitrogens with zero attached hydrogens (tertiary/aromatic N) is 3. The van der Waals surface area contributed by atoms with Gasteiger partial charge in [-0.25, -0.2) is 4.39 Å². The van der Waals surface area contributed by atoms with Crippen LogP contribution in [0.25, 0.3) is 10.9 Å². The maximum absolute atomic E-state index is 13.3. The molecule has 28 heavy (non-hydrogen) atoms. The molecule has 3 heterocycles. The van der Waals surface area contributed by atoms with Crippen LogP contribution in [0, 0.1) is 18.7 Å². The standard InChI is InChI=1S/C22H22FN3O2/c1-13-9-25(3)21(28)18-17(11-24(2)19(13)18)20(27)26-10-15-8-22(15,12-26)14-4-6-16(23)7-5-14/h4-7,9,11,15H,8,10,12H2,1-3H3. The van der Waals surface area contributed by atoms with Gasteiger partial charge in [0.1, 0.15) is 5.82 Å². The van der Waals surface area contributed by atoms with Crippen molar-refractivity contribution >= 4 is 16.8 Å². The molecule has 2 unspecified atom stereocenters. The van der Waals surface area contributed by atoms with Gasteiger partial charge in [-0.1, -0.05) is 12.1 Å². The smallest absolute Gasteiger partial charge is 0.260 e. The van der Waals surface area contributed by atoms with Crippen molar-refractivity contribution < 1.29 is 9.18 Å². The molecule has 5 nitrogen and oxygen atoms in total. The minimum atomic E-state index is -0.245. The number of amides is 1. The monoisotopic (exact) mass is 379 g/mol. The fourth-order valence-electron chi connectivity index (χ4n) is 5.10. The lowest BCUT2D eigenvalue weighted by Crippen LogP contribution is -2.33. The van der Waals surface area contributed by atoms with Crippen molar-refractivity contribution in [2.24, 2.45) is 20.0 Å². The Morgan fingerprint density at radius 3 is 2.57 bits per heavy atom. The molecular formula is C22H22FN3O2. The molecular weight excluding hydrogens is 357 g/mol. The third-order valence-corrected chi connectivity index (χ3v) is 6.56. The number of aryl methyl sites for hydroxylation is 3. The topological polar surface area (TPSA) is 47.2 Å². The van der Waals surface area contributed by atoms with E-state index in [9.17, 15) is 14.0 Å². The van der Waals surface area contributed by atoms with E-state index in [4.69, 9.17) is 0 Å². The van der Waals surface area contributed by atoms with E-state index in [2.05, 4.69) is 0 Å². The molecule has 1 saturated heterocycles. The molecule has 6 heteroatoms. The van der Waals surface area contributed by atoms with Crippen LogP contribution in [-0.4, -0.2) is 33.0 Å². The number of pyridine rings is 1. The highest BCUT2D eigenvalue weighted by molar-refractivity contribution is 6.07.